The highest BCUT2D eigenvalue weighted by atomic mass is 16.2. The standard InChI is InChI=1S/C9H18N2O/c1-3-9(12)11-5-4-7(2)8(10)6-11/h7-8H,3-6,10H2,1-2H3. The van der Waals surface area contributed by atoms with Crippen molar-refractivity contribution in [2.75, 3.05) is 13.1 Å². The van der Waals surface area contributed by atoms with Crippen molar-refractivity contribution in [1.29, 1.82) is 0 Å². The second-order valence-corrected chi connectivity index (χ2v) is 3.62. The van der Waals surface area contributed by atoms with Crippen molar-refractivity contribution in [3.05, 3.63) is 0 Å². The van der Waals surface area contributed by atoms with Gasteiger partial charge in [-0.2, -0.15) is 0 Å². The van der Waals surface area contributed by atoms with Crippen LogP contribution in [0.5, 0.6) is 0 Å². The third-order valence-corrected chi connectivity index (χ3v) is 2.67. The molecule has 2 atom stereocenters. The molecule has 2 N–H and O–H groups in total. The summed E-state index contributed by atoms with van der Waals surface area (Å²) in [7, 11) is 0. The molecule has 0 aromatic rings. The van der Waals surface area contributed by atoms with Crippen LogP contribution in [0.15, 0.2) is 0 Å². The van der Waals surface area contributed by atoms with E-state index in [0.717, 1.165) is 19.5 Å². The van der Waals surface area contributed by atoms with Crippen LogP contribution >= 0.6 is 0 Å². The van der Waals surface area contributed by atoms with E-state index >= 15 is 0 Å². The fraction of sp³-hybridized carbons (Fsp3) is 0.889. The topological polar surface area (TPSA) is 46.3 Å². The summed E-state index contributed by atoms with van der Waals surface area (Å²) in [4.78, 5) is 13.2. The van der Waals surface area contributed by atoms with Crippen LogP contribution in [0.1, 0.15) is 26.7 Å². The van der Waals surface area contributed by atoms with Crippen LogP contribution in [0, 0.1) is 5.92 Å². The number of carbonyl (C=O) groups is 1. The number of likely N-dealkylation sites (tertiary alicyclic amines) is 1. The molecule has 3 nitrogen and oxygen atoms in total. The van der Waals surface area contributed by atoms with Gasteiger partial charge in [-0.3, -0.25) is 4.79 Å². The highest BCUT2D eigenvalue weighted by Crippen LogP contribution is 2.15. The van der Waals surface area contributed by atoms with Gasteiger partial charge in [-0.25, -0.2) is 0 Å². The van der Waals surface area contributed by atoms with Gasteiger partial charge in [0.25, 0.3) is 0 Å². The third-order valence-electron chi connectivity index (χ3n) is 2.67. The number of rotatable bonds is 1. The Bertz CT molecular complexity index is 170. The van der Waals surface area contributed by atoms with Crippen molar-refractivity contribution in [2.24, 2.45) is 11.7 Å². The fourth-order valence-electron chi connectivity index (χ4n) is 1.55. The van der Waals surface area contributed by atoms with Gasteiger partial charge < -0.3 is 10.6 Å². The minimum Gasteiger partial charge on any atom is -0.341 e. The molecule has 1 amide bonds. The Morgan fingerprint density at radius 3 is 2.83 bits per heavy atom. The van der Waals surface area contributed by atoms with Crippen LogP contribution in [-0.2, 0) is 4.79 Å². The molecule has 0 saturated carbocycles. The van der Waals surface area contributed by atoms with Gasteiger partial charge in [-0.05, 0) is 12.3 Å². The van der Waals surface area contributed by atoms with Crippen LogP contribution < -0.4 is 5.73 Å². The normalized spacial score (nSPS) is 30.4. The maximum atomic E-state index is 11.3. The summed E-state index contributed by atoms with van der Waals surface area (Å²) < 4.78 is 0. The summed E-state index contributed by atoms with van der Waals surface area (Å²) >= 11 is 0. The van der Waals surface area contributed by atoms with E-state index in [2.05, 4.69) is 6.92 Å². The summed E-state index contributed by atoms with van der Waals surface area (Å²) in [5.74, 6) is 0.795. The lowest BCUT2D eigenvalue weighted by atomic mass is 9.94. The Morgan fingerprint density at radius 1 is 1.67 bits per heavy atom. The molecule has 0 aromatic heterocycles. The molecule has 1 aliphatic rings. The zero-order valence-corrected chi connectivity index (χ0v) is 7.92. The minimum atomic E-state index is 0.175. The molecule has 1 fully saturated rings. The minimum absolute atomic E-state index is 0.175. The van der Waals surface area contributed by atoms with Crippen LogP contribution in [-0.4, -0.2) is 29.9 Å². The summed E-state index contributed by atoms with van der Waals surface area (Å²) in [6.07, 6.45) is 1.65. The maximum Gasteiger partial charge on any atom is 0.222 e. The highest BCUT2D eigenvalue weighted by Gasteiger charge is 2.24. The van der Waals surface area contributed by atoms with E-state index < -0.39 is 0 Å². The second-order valence-electron chi connectivity index (χ2n) is 3.62. The monoisotopic (exact) mass is 170 g/mol. The molecule has 70 valence electrons. The van der Waals surface area contributed by atoms with E-state index in [-0.39, 0.29) is 11.9 Å². The molecule has 2 unspecified atom stereocenters. The number of amides is 1. The molecule has 0 aliphatic carbocycles. The van der Waals surface area contributed by atoms with Crippen molar-refractivity contribution in [3.8, 4) is 0 Å². The van der Waals surface area contributed by atoms with E-state index in [4.69, 9.17) is 5.73 Å². The van der Waals surface area contributed by atoms with Crippen LogP contribution in [0.4, 0.5) is 0 Å². The summed E-state index contributed by atoms with van der Waals surface area (Å²) in [5, 5.41) is 0. The van der Waals surface area contributed by atoms with E-state index in [1.165, 1.54) is 0 Å². The van der Waals surface area contributed by atoms with Crippen molar-refractivity contribution in [1.82, 2.24) is 4.90 Å². The summed E-state index contributed by atoms with van der Waals surface area (Å²) in [5.41, 5.74) is 5.87. The molecule has 1 aliphatic heterocycles. The largest absolute Gasteiger partial charge is 0.341 e. The molecule has 3 heteroatoms. The molecule has 0 radical (unpaired) electrons. The molecule has 0 aromatic carbocycles. The van der Waals surface area contributed by atoms with Crippen LogP contribution in [0.2, 0.25) is 0 Å². The van der Waals surface area contributed by atoms with E-state index in [1.54, 1.807) is 0 Å². The lowest BCUT2D eigenvalue weighted by Crippen LogP contribution is -2.49. The van der Waals surface area contributed by atoms with Crippen LogP contribution in [0.25, 0.3) is 0 Å². The van der Waals surface area contributed by atoms with Crippen molar-refractivity contribution in [2.45, 2.75) is 32.7 Å². The van der Waals surface area contributed by atoms with Gasteiger partial charge in [0.1, 0.15) is 0 Å². The number of nitrogens with two attached hydrogens (primary N) is 1. The van der Waals surface area contributed by atoms with Gasteiger partial charge in [0.15, 0.2) is 0 Å². The van der Waals surface area contributed by atoms with Gasteiger partial charge >= 0.3 is 0 Å². The Labute approximate surface area is 73.9 Å². The Kier molecular flexibility index (Phi) is 3.09. The molecular weight excluding hydrogens is 152 g/mol. The average Bonchev–Trinajstić information content (AvgIpc) is 2.08. The SMILES string of the molecule is CCC(=O)N1CCC(C)C(N)C1. The molecule has 1 heterocycles. The Balaban J connectivity index is 2.45. The van der Waals surface area contributed by atoms with Crippen LogP contribution in [0.3, 0.4) is 0 Å². The quantitative estimate of drug-likeness (QED) is 0.626. The number of hydrogen-bond donors (Lipinski definition) is 1. The molecule has 12 heavy (non-hydrogen) atoms. The molecule has 0 spiro atoms. The van der Waals surface area contributed by atoms with E-state index in [0.29, 0.717) is 12.3 Å². The first-order valence-corrected chi connectivity index (χ1v) is 4.68. The summed E-state index contributed by atoms with van der Waals surface area (Å²) in [6, 6.07) is 0.175. The Morgan fingerprint density at radius 2 is 2.33 bits per heavy atom. The van der Waals surface area contributed by atoms with Gasteiger partial charge in [0.2, 0.25) is 5.91 Å². The van der Waals surface area contributed by atoms with E-state index in [1.807, 2.05) is 11.8 Å². The van der Waals surface area contributed by atoms with Gasteiger partial charge in [-0.1, -0.05) is 13.8 Å². The first-order valence-electron chi connectivity index (χ1n) is 4.68. The van der Waals surface area contributed by atoms with E-state index in [9.17, 15) is 4.79 Å². The maximum absolute atomic E-state index is 11.3. The highest BCUT2D eigenvalue weighted by molar-refractivity contribution is 5.75. The summed E-state index contributed by atoms with van der Waals surface area (Å²) in [6.45, 7) is 5.68. The van der Waals surface area contributed by atoms with Gasteiger partial charge in [-0.15, -0.1) is 0 Å². The van der Waals surface area contributed by atoms with Crippen molar-refractivity contribution >= 4 is 5.91 Å². The number of hydrogen-bond acceptors (Lipinski definition) is 2. The first kappa shape index (κ1) is 9.52. The number of carbonyl (C=O) groups excluding carboxylic acids is 1. The third kappa shape index (κ3) is 1.97. The zero-order valence-electron chi connectivity index (χ0n) is 7.92. The number of piperidine rings is 1. The van der Waals surface area contributed by atoms with Crippen molar-refractivity contribution < 1.29 is 4.79 Å². The smallest absolute Gasteiger partial charge is 0.222 e. The fourth-order valence-corrected chi connectivity index (χ4v) is 1.55. The Hall–Kier alpha value is -0.570. The lowest BCUT2D eigenvalue weighted by molar-refractivity contribution is -0.132. The van der Waals surface area contributed by atoms with Gasteiger partial charge in [0.05, 0.1) is 0 Å². The predicted molar refractivity (Wildman–Crippen MR) is 48.6 cm³/mol. The van der Waals surface area contributed by atoms with Gasteiger partial charge in [0, 0.05) is 25.6 Å². The zero-order chi connectivity index (χ0) is 9.14. The first-order chi connectivity index (χ1) is 5.65. The molecule has 1 rings (SSSR count). The number of nitrogens with zero attached hydrogens (tertiary/aromatic N) is 1. The lowest BCUT2D eigenvalue weighted by Gasteiger charge is -2.34. The average molecular weight is 170 g/mol. The molecule has 1 saturated heterocycles. The van der Waals surface area contributed by atoms with Crippen molar-refractivity contribution in [3.63, 3.8) is 0 Å². The molecule has 0 bridgehead atoms. The molecular formula is C9H18N2O. The second kappa shape index (κ2) is 3.90. The predicted octanol–water partition coefficient (Wildman–Crippen LogP) is 0.592.